The van der Waals surface area contributed by atoms with Crippen molar-refractivity contribution in [2.24, 2.45) is 0 Å². The SMILES string of the molecule is CCC.COC(=O)/C=C/C(=O)OC. The summed E-state index contributed by atoms with van der Waals surface area (Å²) in [6, 6.07) is 0. The molecule has 0 fully saturated rings. The van der Waals surface area contributed by atoms with Crippen LogP contribution in [0.15, 0.2) is 12.2 Å². The van der Waals surface area contributed by atoms with E-state index in [1.807, 2.05) is 0 Å². The van der Waals surface area contributed by atoms with E-state index in [1.165, 1.54) is 20.6 Å². The summed E-state index contributed by atoms with van der Waals surface area (Å²) in [7, 11) is 2.45. The number of rotatable bonds is 2. The quantitative estimate of drug-likeness (QED) is 0.484. The van der Waals surface area contributed by atoms with Crippen molar-refractivity contribution in [3.05, 3.63) is 12.2 Å². The molecular weight excluding hydrogens is 172 g/mol. The molecule has 76 valence electrons. The van der Waals surface area contributed by atoms with Crippen LogP contribution >= 0.6 is 0 Å². The molecule has 4 heteroatoms. The van der Waals surface area contributed by atoms with Gasteiger partial charge in [-0.25, -0.2) is 9.59 Å². The second kappa shape index (κ2) is 10.7. The minimum absolute atomic E-state index is 0.578. The standard InChI is InChI=1S/C6H8O4.C3H8/c1-9-5(7)3-4-6(8)10-2;1-3-2/h3-4H,1-2H3;3H2,1-2H3/b4-3+;. The lowest BCUT2D eigenvalue weighted by molar-refractivity contribution is -0.137. The third kappa shape index (κ3) is 13.6. The fourth-order valence-electron chi connectivity index (χ4n) is 0.272. The van der Waals surface area contributed by atoms with Crippen LogP contribution in [0, 0.1) is 0 Å². The molecule has 0 spiro atoms. The van der Waals surface area contributed by atoms with Crippen LogP contribution in [-0.2, 0) is 19.1 Å². The fraction of sp³-hybridized carbons (Fsp3) is 0.556. The summed E-state index contributed by atoms with van der Waals surface area (Å²) in [5.41, 5.74) is 0. The average Bonchev–Trinajstić information content (AvgIpc) is 2.14. The Morgan fingerprint density at radius 1 is 1.00 bits per heavy atom. The molecule has 0 radical (unpaired) electrons. The molecule has 0 heterocycles. The summed E-state index contributed by atoms with van der Waals surface area (Å²) < 4.78 is 8.42. The summed E-state index contributed by atoms with van der Waals surface area (Å²) in [5.74, 6) is -1.16. The van der Waals surface area contributed by atoms with Crippen LogP contribution < -0.4 is 0 Å². The molecule has 13 heavy (non-hydrogen) atoms. The van der Waals surface area contributed by atoms with Crippen LogP contribution in [0.5, 0.6) is 0 Å². The van der Waals surface area contributed by atoms with E-state index >= 15 is 0 Å². The number of hydrogen-bond donors (Lipinski definition) is 0. The van der Waals surface area contributed by atoms with Gasteiger partial charge in [-0.1, -0.05) is 20.3 Å². The minimum atomic E-state index is -0.578. The second-order valence-electron chi connectivity index (χ2n) is 2.09. The number of esters is 2. The Bertz CT molecular complexity index is 154. The molecule has 0 amide bonds. The topological polar surface area (TPSA) is 52.6 Å². The zero-order valence-corrected chi connectivity index (χ0v) is 8.49. The lowest BCUT2D eigenvalue weighted by Crippen LogP contribution is -1.98. The van der Waals surface area contributed by atoms with E-state index < -0.39 is 11.9 Å². The van der Waals surface area contributed by atoms with Crippen LogP contribution in [0.2, 0.25) is 0 Å². The lowest BCUT2D eigenvalue weighted by Gasteiger charge is -1.89. The predicted molar refractivity (Wildman–Crippen MR) is 49.1 cm³/mol. The van der Waals surface area contributed by atoms with E-state index in [9.17, 15) is 9.59 Å². The van der Waals surface area contributed by atoms with Gasteiger partial charge in [0.25, 0.3) is 0 Å². The predicted octanol–water partition coefficient (Wildman–Crippen LogP) is 1.30. The molecule has 0 aromatic heterocycles. The van der Waals surface area contributed by atoms with Crippen LogP contribution in [0.1, 0.15) is 20.3 Å². The van der Waals surface area contributed by atoms with Gasteiger partial charge in [0.15, 0.2) is 0 Å². The number of carbonyl (C=O) groups is 2. The summed E-state index contributed by atoms with van der Waals surface area (Å²) in [6.07, 6.45) is 3.23. The van der Waals surface area contributed by atoms with E-state index in [4.69, 9.17) is 0 Å². The van der Waals surface area contributed by atoms with E-state index in [-0.39, 0.29) is 0 Å². The Balaban J connectivity index is 0. The van der Waals surface area contributed by atoms with E-state index in [0.717, 1.165) is 12.2 Å². The second-order valence-corrected chi connectivity index (χ2v) is 2.09. The van der Waals surface area contributed by atoms with Gasteiger partial charge in [-0.15, -0.1) is 0 Å². The molecule has 0 aromatic carbocycles. The molecular formula is C9H16O4. The summed E-state index contributed by atoms with van der Waals surface area (Å²) in [6.45, 7) is 4.25. The lowest BCUT2D eigenvalue weighted by atomic mass is 10.5. The van der Waals surface area contributed by atoms with E-state index in [1.54, 1.807) is 0 Å². The Kier molecular flexibility index (Phi) is 11.7. The molecule has 0 bridgehead atoms. The number of hydrogen-bond acceptors (Lipinski definition) is 4. The van der Waals surface area contributed by atoms with Gasteiger partial charge in [0.2, 0.25) is 0 Å². The van der Waals surface area contributed by atoms with Crippen molar-refractivity contribution in [3.63, 3.8) is 0 Å². The Morgan fingerprint density at radius 3 is 1.38 bits per heavy atom. The van der Waals surface area contributed by atoms with Gasteiger partial charge in [0, 0.05) is 12.2 Å². The first-order chi connectivity index (χ1) is 6.12. The molecule has 0 unspecified atom stereocenters. The number of carbonyl (C=O) groups excluding carboxylic acids is 2. The molecule has 0 aliphatic heterocycles. The van der Waals surface area contributed by atoms with Crippen molar-refractivity contribution in [3.8, 4) is 0 Å². The van der Waals surface area contributed by atoms with Crippen molar-refractivity contribution in [2.45, 2.75) is 20.3 Å². The number of ether oxygens (including phenoxy) is 2. The van der Waals surface area contributed by atoms with Crippen molar-refractivity contribution >= 4 is 11.9 Å². The van der Waals surface area contributed by atoms with Crippen LogP contribution in [0.25, 0.3) is 0 Å². The van der Waals surface area contributed by atoms with Gasteiger partial charge in [-0.2, -0.15) is 0 Å². The van der Waals surface area contributed by atoms with Crippen LogP contribution in [-0.4, -0.2) is 26.2 Å². The van der Waals surface area contributed by atoms with Crippen molar-refractivity contribution in [1.82, 2.24) is 0 Å². The Morgan fingerprint density at radius 2 is 1.23 bits per heavy atom. The molecule has 0 saturated carbocycles. The first kappa shape index (κ1) is 14.2. The van der Waals surface area contributed by atoms with Crippen molar-refractivity contribution < 1.29 is 19.1 Å². The van der Waals surface area contributed by atoms with Gasteiger partial charge >= 0.3 is 11.9 Å². The smallest absolute Gasteiger partial charge is 0.330 e. The van der Waals surface area contributed by atoms with Gasteiger partial charge < -0.3 is 9.47 Å². The first-order valence-electron chi connectivity index (χ1n) is 3.96. The molecule has 0 N–H and O–H groups in total. The minimum Gasteiger partial charge on any atom is -0.466 e. The summed E-state index contributed by atoms with van der Waals surface area (Å²) in [5, 5.41) is 0. The first-order valence-corrected chi connectivity index (χ1v) is 3.96. The average molecular weight is 188 g/mol. The molecule has 0 saturated heterocycles. The fourth-order valence-corrected chi connectivity index (χ4v) is 0.272. The van der Waals surface area contributed by atoms with Gasteiger partial charge in [0.05, 0.1) is 14.2 Å². The van der Waals surface area contributed by atoms with E-state index in [2.05, 4.69) is 23.3 Å². The highest BCUT2D eigenvalue weighted by Crippen LogP contribution is 1.80. The molecule has 4 nitrogen and oxygen atoms in total. The van der Waals surface area contributed by atoms with Crippen LogP contribution in [0.4, 0.5) is 0 Å². The molecule has 0 aliphatic rings. The maximum absolute atomic E-state index is 10.3. The molecule has 0 rings (SSSR count). The third-order valence-electron chi connectivity index (χ3n) is 0.758. The maximum Gasteiger partial charge on any atom is 0.330 e. The summed E-state index contributed by atoms with van der Waals surface area (Å²) in [4.78, 5) is 20.6. The largest absolute Gasteiger partial charge is 0.466 e. The Hall–Kier alpha value is -1.32. The van der Waals surface area contributed by atoms with Crippen molar-refractivity contribution in [1.29, 1.82) is 0 Å². The van der Waals surface area contributed by atoms with Crippen LogP contribution in [0.3, 0.4) is 0 Å². The van der Waals surface area contributed by atoms with E-state index in [0.29, 0.717) is 0 Å². The van der Waals surface area contributed by atoms with Gasteiger partial charge in [0.1, 0.15) is 0 Å². The molecule has 0 atom stereocenters. The van der Waals surface area contributed by atoms with Gasteiger partial charge in [-0.3, -0.25) is 0 Å². The normalized spacial score (nSPS) is 8.62. The van der Waals surface area contributed by atoms with Crippen molar-refractivity contribution in [2.75, 3.05) is 14.2 Å². The zero-order chi connectivity index (χ0) is 10.7. The highest BCUT2D eigenvalue weighted by molar-refractivity contribution is 5.91. The number of methoxy groups -OCH3 is 2. The molecule has 0 aliphatic carbocycles. The highest BCUT2D eigenvalue weighted by atomic mass is 16.5. The molecule has 0 aromatic rings. The highest BCUT2D eigenvalue weighted by Gasteiger charge is 1.94. The Labute approximate surface area is 78.5 Å². The summed E-state index contributed by atoms with van der Waals surface area (Å²) >= 11 is 0. The van der Waals surface area contributed by atoms with Gasteiger partial charge in [-0.05, 0) is 0 Å². The maximum atomic E-state index is 10.3. The monoisotopic (exact) mass is 188 g/mol. The third-order valence-corrected chi connectivity index (χ3v) is 0.758. The zero-order valence-electron chi connectivity index (χ0n) is 8.49.